The number of aromatic nitrogens is 2. The summed E-state index contributed by atoms with van der Waals surface area (Å²) in [7, 11) is 0. The number of piperidine rings is 1. The summed E-state index contributed by atoms with van der Waals surface area (Å²) in [4.78, 5) is 13.1. The van der Waals surface area contributed by atoms with Crippen molar-refractivity contribution in [1.29, 1.82) is 0 Å². The number of phenols is 1. The number of aromatic hydroxyl groups is 1. The first kappa shape index (κ1) is 22.3. The third-order valence-electron chi connectivity index (χ3n) is 5.07. The number of rotatable bonds is 6. The molecule has 1 aliphatic rings. The summed E-state index contributed by atoms with van der Waals surface area (Å²) in [5.74, 6) is -0.312. The Bertz CT molecular complexity index is 1120. The molecule has 1 aromatic heterocycles. The fraction of sp³-hybridized carbons (Fsp3) is 0.318. The number of halogens is 2. The van der Waals surface area contributed by atoms with Crippen LogP contribution in [0.25, 0.3) is 10.6 Å². The lowest BCUT2D eigenvalue weighted by Gasteiger charge is -2.34. The third kappa shape index (κ3) is 5.28. The highest BCUT2D eigenvalue weighted by molar-refractivity contribution is 7.14. The molecule has 0 aliphatic carbocycles. The van der Waals surface area contributed by atoms with Crippen LogP contribution in [0.1, 0.15) is 24.8 Å². The number of esters is 1. The van der Waals surface area contributed by atoms with Gasteiger partial charge in [-0.3, -0.25) is 4.79 Å². The van der Waals surface area contributed by atoms with Gasteiger partial charge in [-0.25, -0.2) is 4.39 Å². The van der Waals surface area contributed by atoms with E-state index in [0.717, 1.165) is 31.6 Å². The van der Waals surface area contributed by atoms with Crippen LogP contribution < -0.4 is 9.64 Å². The third-order valence-corrected chi connectivity index (χ3v) is 6.31. The van der Waals surface area contributed by atoms with Gasteiger partial charge in [-0.05, 0) is 24.3 Å². The van der Waals surface area contributed by atoms with Crippen molar-refractivity contribution in [3.63, 3.8) is 0 Å². The van der Waals surface area contributed by atoms with Crippen LogP contribution in [0.15, 0.2) is 36.4 Å². The SMILES string of the molecule is CC(=O)OCc1nnc(-c2ccc(N3CCC(Oc4cc(F)ccc4Cl)CC3)cc2O)s1. The summed E-state index contributed by atoms with van der Waals surface area (Å²) < 4.78 is 24.3. The van der Waals surface area contributed by atoms with E-state index in [2.05, 4.69) is 15.1 Å². The van der Waals surface area contributed by atoms with Crippen LogP contribution in [0.2, 0.25) is 5.02 Å². The zero-order valence-electron chi connectivity index (χ0n) is 17.3. The maximum absolute atomic E-state index is 13.5. The Morgan fingerprint density at radius 1 is 1.25 bits per heavy atom. The van der Waals surface area contributed by atoms with E-state index in [1.807, 2.05) is 6.07 Å². The number of nitrogens with zero attached hydrogens (tertiary/aromatic N) is 3. The van der Waals surface area contributed by atoms with Crippen molar-refractivity contribution in [2.75, 3.05) is 18.0 Å². The van der Waals surface area contributed by atoms with Gasteiger partial charge in [-0.1, -0.05) is 22.9 Å². The quantitative estimate of drug-likeness (QED) is 0.510. The van der Waals surface area contributed by atoms with Crippen molar-refractivity contribution >= 4 is 34.6 Å². The van der Waals surface area contributed by atoms with Crippen LogP contribution in [0.5, 0.6) is 11.5 Å². The van der Waals surface area contributed by atoms with Crippen molar-refractivity contribution in [1.82, 2.24) is 10.2 Å². The van der Waals surface area contributed by atoms with Crippen molar-refractivity contribution in [2.24, 2.45) is 0 Å². The highest BCUT2D eigenvalue weighted by Gasteiger charge is 2.23. The van der Waals surface area contributed by atoms with Gasteiger partial charge in [0.2, 0.25) is 0 Å². The molecule has 7 nitrogen and oxygen atoms in total. The molecule has 0 spiro atoms. The molecule has 4 rings (SSSR count). The van der Waals surface area contributed by atoms with Gasteiger partial charge >= 0.3 is 5.97 Å². The van der Waals surface area contributed by atoms with Gasteiger partial charge in [0.05, 0.1) is 10.6 Å². The van der Waals surface area contributed by atoms with Gasteiger partial charge < -0.3 is 19.5 Å². The molecule has 0 unspecified atom stereocenters. The van der Waals surface area contributed by atoms with E-state index in [0.29, 0.717) is 26.4 Å². The van der Waals surface area contributed by atoms with Gasteiger partial charge in [-0.15, -0.1) is 10.2 Å². The largest absolute Gasteiger partial charge is 0.507 e. The van der Waals surface area contributed by atoms with Crippen molar-refractivity contribution < 1.29 is 23.8 Å². The van der Waals surface area contributed by atoms with Crippen LogP contribution in [0.4, 0.5) is 10.1 Å². The Labute approximate surface area is 193 Å². The first-order valence-electron chi connectivity index (χ1n) is 10.0. The minimum Gasteiger partial charge on any atom is -0.507 e. The second kappa shape index (κ2) is 9.70. The van der Waals surface area contributed by atoms with Crippen molar-refractivity contribution in [2.45, 2.75) is 32.5 Å². The van der Waals surface area contributed by atoms with E-state index in [9.17, 15) is 14.3 Å². The second-order valence-corrected chi connectivity index (χ2v) is 8.83. The smallest absolute Gasteiger partial charge is 0.303 e. The van der Waals surface area contributed by atoms with Crippen molar-refractivity contribution in [3.8, 4) is 22.1 Å². The zero-order chi connectivity index (χ0) is 22.7. The minimum absolute atomic E-state index is 0.0592. The van der Waals surface area contributed by atoms with E-state index in [-0.39, 0.29) is 30.2 Å². The fourth-order valence-corrected chi connectivity index (χ4v) is 4.41. The minimum atomic E-state index is -0.387. The maximum Gasteiger partial charge on any atom is 0.303 e. The zero-order valence-corrected chi connectivity index (χ0v) is 18.8. The fourth-order valence-electron chi connectivity index (χ4n) is 3.46. The summed E-state index contributed by atoms with van der Waals surface area (Å²) in [6, 6.07) is 9.52. The van der Waals surface area contributed by atoms with Gasteiger partial charge in [-0.2, -0.15) is 0 Å². The van der Waals surface area contributed by atoms with Crippen LogP contribution in [0, 0.1) is 5.82 Å². The molecule has 0 amide bonds. The number of phenolic OH excluding ortho intramolecular Hbond substituents is 1. The summed E-state index contributed by atoms with van der Waals surface area (Å²) in [6.07, 6.45) is 1.42. The number of hydrogen-bond acceptors (Lipinski definition) is 8. The summed E-state index contributed by atoms with van der Waals surface area (Å²) in [6.45, 7) is 2.84. The average Bonchev–Trinajstić information content (AvgIpc) is 3.24. The predicted octanol–water partition coefficient (Wildman–Crippen LogP) is 4.81. The number of ether oxygens (including phenoxy) is 2. The molecule has 1 N–H and O–H groups in total. The van der Waals surface area contributed by atoms with Gasteiger partial charge in [0, 0.05) is 50.7 Å². The molecule has 2 heterocycles. The summed E-state index contributed by atoms with van der Waals surface area (Å²) in [5.41, 5.74) is 1.46. The van der Waals surface area contributed by atoms with Crippen molar-refractivity contribution in [3.05, 3.63) is 52.2 Å². The van der Waals surface area contributed by atoms with E-state index >= 15 is 0 Å². The molecular formula is C22H21ClFN3O4S. The standard InChI is InChI=1S/C22H21ClFN3O4S/c1-13(28)30-12-21-25-26-22(32-21)17-4-3-15(11-19(17)29)27-8-6-16(7-9-27)31-20-10-14(24)2-5-18(20)23/h2-5,10-11,16,29H,6-9,12H2,1H3. The molecular weight excluding hydrogens is 457 g/mol. The Balaban J connectivity index is 1.38. The molecule has 2 aromatic carbocycles. The topological polar surface area (TPSA) is 84.8 Å². The van der Waals surface area contributed by atoms with E-state index in [1.165, 1.54) is 36.5 Å². The number of carbonyl (C=O) groups excluding carboxylic acids is 1. The predicted molar refractivity (Wildman–Crippen MR) is 120 cm³/mol. The van der Waals surface area contributed by atoms with E-state index in [1.54, 1.807) is 12.1 Å². The molecule has 0 radical (unpaired) electrons. The Kier molecular flexibility index (Phi) is 6.76. The molecule has 168 valence electrons. The molecule has 1 saturated heterocycles. The van der Waals surface area contributed by atoms with Gasteiger partial charge in [0.15, 0.2) is 10.0 Å². The number of benzene rings is 2. The normalized spacial score (nSPS) is 14.4. The van der Waals surface area contributed by atoms with Crippen LogP contribution in [-0.4, -0.2) is 40.5 Å². The highest BCUT2D eigenvalue weighted by Crippen LogP contribution is 2.36. The Hall–Kier alpha value is -2.91. The lowest BCUT2D eigenvalue weighted by Crippen LogP contribution is -2.38. The number of hydrogen-bond donors (Lipinski definition) is 1. The molecule has 1 aliphatic heterocycles. The molecule has 0 saturated carbocycles. The van der Waals surface area contributed by atoms with Crippen LogP contribution in [-0.2, 0) is 16.1 Å². The van der Waals surface area contributed by atoms with Crippen LogP contribution >= 0.6 is 22.9 Å². The van der Waals surface area contributed by atoms with Gasteiger partial charge in [0.25, 0.3) is 0 Å². The number of anilines is 1. The summed E-state index contributed by atoms with van der Waals surface area (Å²) in [5, 5.41) is 20.1. The molecule has 10 heteroatoms. The van der Waals surface area contributed by atoms with Gasteiger partial charge in [0.1, 0.15) is 30.0 Å². The molecule has 1 fully saturated rings. The highest BCUT2D eigenvalue weighted by atomic mass is 35.5. The number of carbonyl (C=O) groups is 1. The monoisotopic (exact) mass is 477 g/mol. The average molecular weight is 478 g/mol. The molecule has 0 atom stereocenters. The Morgan fingerprint density at radius 3 is 2.75 bits per heavy atom. The first-order chi connectivity index (χ1) is 15.4. The second-order valence-electron chi connectivity index (χ2n) is 7.36. The maximum atomic E-state index is 13.5. The molecule has 32 heavy (non-hydrogen) atoms. The van der Waals surface area contributed by atoms with E-state index < -0.39 is 0 Å². The molecule has 3 aromatic rings. The molecule has 0 bridgehead atoms. The summed E-state index contributed by atoms with van der Waals surface area (Å²) >= 11 is 7.35. The Morgan fingerprint density at radius 2 is 2.03 bits per heavy atom. The lowest BCUT2D eigenvalue weighted by molar-refractivity contribution is -0.142. The lowest BCUT2D eigenvalue weighted by atomic mass is 10.1. The van der Waals surface area contributed by atoms with E-state index in [4.69, 9.17) is 21.1 Å². The van der Waals surface area contributed by atoms with Crippen LogP contribution in [0.3, 0.4) is 0 Å². The first-order valence-corrected chi connectivity index (χ1v) is 11.2.